The lowest BCUT2D eigenvalue weighted by Gasteiger charge is -2.29. The Balaban J connectivity index is 1.83. The average molecular weight is 327 g/mol. The fourth-order valence-electron chi connectivity index (χ4n) is 2.99. The number of hydrogen-bond acceptors (Lipinski definition) is 4. The van der Waals surface area contributed by atoms with Crippen LogP contribution < -0.4 is 14.2 Å². The molecule has 0 aromatic heterocycles. The van der Waals surface area contributed by atoms with Gasteiger partial charge in [0.2, 0.25) is 0 Å². The topological polar surface area (TPSA) is 48.0 Å². The van der Waals surface area contributed by atoms with Crippen LogP contribution in [0.3, 0.4) is 0 Å². The first kappa shape index (κ1) is 16.2. The zero-order valence-corrected chi connectivity index (χ0v) is 14.2. The molecular weight excluding hydrogens is 306 g/mol. The van der Waals surface area contributed by atoms with Gasteiger partial charge in [0.25, 0.3) is 5.91 Å². The third-order valence-electron chi connectivity index (χ3n) is 4.34. The summed E-state index contributed by atoms with van der Waals surface area (Å²) < 4.78 is 15.8. The fourth-order valence-corrected chi connectivity index (χ4v) is 2.99. The van der Waals surface area contributed by atoms with Crippen LogP contribution >= 0.6 is 0 Å². The molecule has 0 N–H and O–H groups in total. The SMILES string of the molecule is COc1ccc2c(c1)CN(C(=O)c1ccc(OC)c(OC)c1)CC2. The summed E-state index contributed by atoms with van der Waals surface area (Å²) in [6.07, 6.45) is 0.846. The van der Waals surface area contributed by atoms with Gasteiger partial charge in [-0.3, -0.25) is 4.79 Å². The summed E-state index contributed by atoms with van der Waals surface area (Å²) in [5, 5.41) is 0. The Kier molecular flexibility index (Phi) is 4.60. The molecule has 2 aromatic carbocycles. The van der Waals surface area contributed by atoms with Crippen LogP contribution in [-0.4, -0.2) is 38.7 Å². The smallest absolute Gasteiger partial charge is 0.254 e. The highest BCUT2D eigenvalue weighted by atomic mass is 16.5. The van der Waals surface area contributed by atoms with E-state index in [0.29, 0.717) is 30.2 Å². The Labute approximate surface area is 141 Å². The van der Waals surface area contributed by atoms with E-state index in [1.54, 1.807) is 39.5 Å². The molecule has 0 fully saturated rings. The molecule has 2 aromatic rings. The van der Waals surface area contributed by atoms with Gasteiger partial charge in [0, 0.05) is 18.7 Å². The molecule has 0 spiro atoms. The number of fused-ring (bicyclic) bond motifs is 1. The van der Waals surface area contributed by atoms with Crippen molar-refractivity contribution in [2.24, 2.45) is 0 Å². The van der Waals surface area contributed by atoms with Crippen LogP contribution in [0.25, 0.3) is 0 Å². The molecule has 1 amide bonds. The number of hydrogen-bond donors (Lipinski definition) is 0. The van der Waals surface area contributed by atoms with Gasteiger partial charge in [0.1, 0.15) is 5.75 Å². The van der Waals surface area contributed by atoms with E-state index in [1.807, 2.05) is 17.0 Å². The molecule has 3 rings (SSSR count). The number of benzene rings is 2. The van der Waals surface area contributed by atoms with Crippen LogP contribution in [0.4, 0.5) is 0 Å². The van der Waals surface area contributed by atoms with Crippen molar-refractivity contribution in [3.05, 3.63) is 53.1 Å². The summed E-state index contributed by atoms with van der Waals surface area (Å²) in [6.45, 7) is 1.28. The lowest BCUT2D eigenvalue weighted by atomic mass is 9.98. The van der Waals surface area contributed by atoms with Gasteiger partial charge in [-0.2, -0.15) is 0 Å². The Hall–Kier alpha value is -2.69. The van der Waals surface area contributed by atoms with Crippen LogP contribution in [0.5, 0.6) is 17.2 Å². The van der Waals surface area contributed by atoms with Crippen molar-refractivity contribution in [3.8, 4) is 17.2 Å². The van der Waals surface area contributed by atoms with E-state index in [9.17, 15) is 4.79 Å². The van der Waals surface area contributed by atoms with Crippen molar-refractivity contribution in [2.75, 3.05) is 27.9 Å². The largest absolute Gasteiger partial charge is 0.497 e. The van der Waals surface area contributed by atoms with Gasteiger partial charge in [0.05, 0.1) is 21.3 Å². The second kappa shape index (κ2) is 6.83. The molecular formula is C19H21NO4. The molecule has 0 saturated carbocycles. The van der Waals surface area contributed by atoms with E-state index in [0.717, 1.165) is 17.7 Å². The van der Waals surface area contributed by atoms with Crippen molar-refractivity contribution in [2.45, 2.75) is 13.0 Å². The van der Waals surface area contributed by atoms with Crippen molar-refractivity contribution in [1.82, 2.24) is 4.90 Å². The Morgan fingerprint density at radius 1 is 0.917 bits per heavy atom. The van der Waals surface area contributed by atoms with Crippen LogP contribution in [-0.2, 0) is 13.0 Å². The molecule has 0 saturated heterocycles. The lowest BCUT2D eigenvalue weighted by Crippen LogP contribution is -2.35. The molecule has 0 atom stereocenters. The first-order valence-corrected chi connectivity index (χ1v) is 7.83. The van der Waals surface area contributed by atoms with Crippen LogP contribution in [0.1, 0.15) is 21.5 Å². The number of amides is 1. The molecule has 5 nitrogen and oxygen atoms in total. The van der Waals surface area contributed by atoms with Crippen molar-refractivity contribution < 1.29 is 19.0 Å². The van der Waals surface area contributed by atoms with Gasteiger partial charge in [-0.15, -0.1) is 0 Å². The second-order valence-corrected chi connectivity index (χ2v) is 5.68. The number of carbonyl (C=O) groups excluding carboxylic acids is 1. The molecule has 1 aliphatic rings. The maximum atomic E-state index is 12.8. The maximum Gasteiger partial charge on any atom is 0.254 e. The van der Waals surface area contributed by atoms with Gasteiger partial charge in [-0.05, 0) is 47.9 Å². The minimum Gasteiger partial charge on any atom is -0.497 e. The minimum absolute atomic E-state index is 0.00979. The second-order valence-electron chi connectivity index (χ2n) is 5.68. The maximum absolute atomic E-state index is 12.8. The van der Waals surface area contributed by atoms with Gasteiger partial charge < -0.3 is 19.1 Å². The normalized spacial score (nSPS) is 13.2. The Morgan fingerprint density at radius 3 is 2.42 bits per heavy atom. The zero-order valence-electron chi connectivity index (χ0n) is 14.2. The average Bonchev–Trinajstić information content (AvgIpc) is 2.65. The van der Waals surface area contributed by atoms with Gasteiger partial charge in [-0.1, -0.05) is 6.07 Å². The van der Waals surface area contributed by atoms with Crippen molar-refractivity contribution in [3.63, 3.8) is 0 Å². The Morgan fingerprint density at radius 2 is 1.71 bits per heavy atom. The standard InChI is InChI=1S/C19H21NO4/c1-22-16-6-4-13-8-9-20(12-15(13)10-16)19(21)14-5-7-17(23-2)18(11-14)24-3/h4-7,10-11H,8-9,12H2,1-3H3. The molecule has 1 aliphatic heterocycles. The molecule has 126 valence electrons. The van der Waals surface area contributed by atoms with E-state index in [1.165, 1.54) is 5.56 Å². The summed E-state index contributed by atoms with van der Waals surface area (Å²) in [5.74, 6) is 1.98. The van der Waals surface area contributed by atoms with Crippen LogP contribution in [0.15, 0.2) is 36.4 Å². The zero-order chi connectivity index (χ0) is 17.1. The first-order valence-electron chi connectivity index (χ1n) is 7.83. The third-order valence-corrected chi connectivity index (χ3v) is 4.34. The molecule has 0 bridgehead atoms. The summed E-state index contributed by atoms with van der Waals surface area (Å²) in [6, 6.07) is 11.3. The fraction of sp³-hybridized carbons (Fsp3) is 0.316. The molecule has 0 aliphatic carbocycles. The Bertz CT molecular complexity index is 757. The number of methoxy groups -OCH3 is 3. The number of rotatable bonds is 4. The number of nitrogens with zero attached hydrogens (tertiary/aromatic N) is 1. The highest BCUT2D eigenvalue weighted by molar-refractivity contribution is 5.95. The summed E-state index contributed by atoms with van der Waals surface area (Å²) in [4.78, 5) is 14.7. The molecule has 0 radical (unpaired) electrons. The lowest BCUT2D eigenvalue weighted by molar-refractivity contribution is 0.0734. The predicted octanol–water partition coefficient (Wildman–Crippen LogP) is 2.91. The summed E-state index contributed by atoms with van der Waals surface area (Å²) >= 11 is 0. The molecule has 1 heterocycles. The molecule has 0 unspecified atom stereocenters. The van der Waals surface area contributed by atoms with Crippen molar-refractivity contribution >= 4 is 5.91 Å². The number of carbonyl (C=O) groups is 1. The van der Waals surface area contributed by atoms with E-state index in [-0.39, 0.29) is 5.91 Å². The summed E-state index contributed by atoms with van der Waals surface area (Å²) in [7, 11) is 4.79. The highest BCUT2D eigenvalue weighted by Crippen LogP contribution is 2.29. The number of ether oxygens (including phenoxy) is 3. The predicted molar refractivity (Wildman–Crippen MR) is 91.0 cm³/mol. The van der Waals surface area contributed by atoms with E-state index < -0.39 is 0 Å². The highest BCUT2D eigenvalue weighted by Gasteiger charge is 2.23. The minimum atomic E-state index is -0.00979. The van der Waals surface area contributed by atoms with Gasteiger partial charge in [-0.25, -0.2) is 0 Å². The molecule has 5 heteroatoms. The van der Waals surface area contributed by atoms with Gasteiger partial charge in [0.15, 0.2) is 11.5 Å². The summed E-state index contributed by atoms with van der Waals surface area (Å²) in [5.41, 5.74) is 3.00. The van der Waals surface area contributed by atoms with E-state index in [4.69, 9.17) is 14.2 Å². The van der Waals surface area contributed by atoms with Gasteiger partial charge >= 0.3 is 0 Å². The third kappa shape index (κ3) is 3.02. The van der Waals surface area contributed by atoms with Crippen LogP contribution in [0, 0.1) is 0 Å². The van der Waals surface area contributed by atoms with E-state index >= 15 is 0 Å². The van der Waals surface area contributed by atoms with E-state index in [2.05, 4.69) is 6.07 Å². The first-order chi connectivity index (χ1) is 11.7. The van der Waals surface area contributed by atoms with Crippen molar-refractivity contribution in [1.29, 1.82) is 0 Å². The quantitative estimate of drug-likeness (QED) is 0.866. The van der Waals surface area contributed by atoms with Crippen LogP contribution in [0.2, 0.25) is 0 Å². The monoisotopic (exact) mass is 327 g/mol. The molecule has 24 heavy (non-hydrogen) atoms.